The molecule has 1 aromatic heterocycles. The number of aromatic nitrogens is 1. The Morgan fingerprint density at radius 2 is 1.70 bits per heavy atom. The number of amides is 1. The van der Waals surface area contributed by atoms with E-state index in [1.807, 2.05) is 0 Å². The van der Waals surface area contributed by atoms with Crippen LogP contribution in [-0.2, 0) is 26.9 Å². The third-order valence-corrected chi connectivity index (χ3v) is 8.16. The lowest BCUT2D eigenvalue weighted by Gasteiger charge is -2.26. The topological polar surface area (TPSA) is 80.6 Å². The quantitative estimate of drug-likeness (QED) is 0.105. The van der Waals surface area contributed by atoms with Gasteiger partial charge >= 0.3 is 18.3 Å². The van der Waals surface area contributed by atoms with Gasteiger partial charge in [0.15, 0.2) is 11.7 Å². The number of aryl methyl sites for hydroxylation is 2. The van der Waals surface area contributed by atoms with Crippen molar-refractivity contribution in [3.8, 4) is 0 Å². The molecule has 2 rings (SSSR count). The van der Waals surface area contributed by atoms with Crippen LogP contribution in [0.25, 0.3) is 5.57 Å². The van der Waals surface area contributed by atoms with Crippen molar-refractivity contribution in [2.75, 3.05) is 27.2 Å². The number of carbonyl (C=O) groups is 2. The van der Waals surface area contributed by atoms with Crippen molar-refractivity contribution in [1.29, 1.82) is 0 Å². The van der Waals surface area contributed by atoms with Gasteiger partial charge < -0.3 is 19.5 Å². The summed E-state index contributed by atoms with van der Waals surface area (Å²) in [5.41, 5.74) is -6.24. The zero-order valence-electron chi connectivity index (χ0n) is 30.5. The van der Waals surface area contributed by atoms with Gasteiger partial charge in [-0.25, -0.2) is 13.2 Å². The third kappa shape index (κ3) is 12.4. The molecule has 0 aliphatic carbocycles. The molecule has 1 amide bonds. The largest absolute Gasteiger partial charge is 0.466 e. The second-order valence-corrected chi connectivity index (χ2v) is 13.2. The number of rotatable bonds is 16. The Labute approximate surface area is 302 Å². The number of allylic oxidation sites excluding steroid dienone is 4. The fraction of sp³-hybridized carbons (Fsp3) is 0.486. The number of hydrogen-bond acceptors (Lipinski definition) is 5. The van der Waals surface area contributed by atoms with E-state index in [9.17, 15) is 45.1 Å². The van der Waals surface area contributed by atoms with Gasteiger partial charge in [-0.3, -0.25) is 14.4 Å². The lowest BCUT2D eigenvalue weighted by Crippen LogP contribution is -2.44. The summed E-state index contributed by atoms with van der Waals surface area (Å²) in [6.07, 6.45) is -10.2. The van der Waals surface area contributed by atoms with Crippen LogP contribution < -0.4 is 10.9 Å². The molecule has 1 aromatic carbocycles. The molecule has 0 aliphatic rings. The summed E-state index contributed by atoms with van der Waals surface area (Å²) in [5, 5.41) is 2.12. The molecule has 0 spiro atoms. The van der Waals surface area contributed by atoms with Gasteiger partial charge in [0.2, 0.25) is 5.91 Å². The van der Waals surface area contributed by atoms with Crippen molar-refractivity contribution in [2.24, 2.45) is 5.92 Å². The second-order valence-electron chi connectivity index (χ2n) is 13.2. The van der Waals surface area contributed by atoms with Gasteiger partial charge in [0.25, 0.3) is 5.56 Å². The van der Waals surface area contributed by atoms with Crippen LogP contribution in [-0.4, -0.2) is 60.8 Å². The number of hydrogen-bond donors (Lipinski definition) is 1. The first-order valence-electron chi connectivity index (χ1n) is 16.6. The Bertz CT molecular complexity index is 1770. The van der Waals surface area contributed by atoms with Crippen molar-refractivity contribution in [3.05, 3.63) is 98.3 Å². The van der Waals surface area contributed by atoms with Crippen LogP contribution in [0.15, 0.2) is 59.1 Å². The van der Waals surface area contributed by atoms with Crippen LogP contribution in [0.2, 0.25) is 0 Å². The molecule has 0 fully saturated rings. The molecule has 0 aliphatic heterocycles. The first-order chi connectivity index (χ1) is 24.4. The molecule has 294 valence electrons. The Balaban J connectivity index is 2.83. The zero-order chi connectivity index (χ0) is 40.6. The first kappa shape index (κ1) is 44.8. The number of carbonyl (C=O) groups excluding carboxylic acids is 2. The lowest BCUT2D eigenvalue weighted by molar-refractivity contribution is -0.143. The van der Waals surface area contributed by atoms with Crippen LogP contribution in [0.3, 0.4) is 0 Å². The number of pyridine rings is 1. The van der Waals surface area contributed by atoms with Crippen LogP contribution >= 0.6 is 0 Å². The molecule has 7 nitrogen and oxygen atoms in total. The Morgan fingerprint density at radius 1 is 1.08 bits per heavy atom. The standard InChI is InChI=1S/C37H44F9N3O4/c1-9-53-31(51)18-28(34(40)33(39)25(16-22(5)36(41,42)43)32-21(4)12-13-27(38)23(32)6)47-35(52)29(15-20(2)3)49-19-24(11-10-14-48(7)8)26(17-30(49)50)37(44,45)46/h12-13,16-17,19-20,28-29H,5,9-11,14-15,18H2,1-4,6-8H3,(H,47,52)/b25-16-,34-33+/t28-,29?/m0/s1. The molecule has 16 heteroatoms. The van der Waals surface area contributed by atoms with E-state index in [-0.39, 0.29) is 48.6 Å². The average molecular weight is 766 g/mol. The fourth-order valence-corrected chi connectivity index (χ4v) is 5.56. The van der Waals surface area contributed by atoms with E-state index in [0.29, 0.717) is 12.6 Å². The highest BCUT2D eigenvalue weighted by Crippen LogP contribution is 2.38. The molecule has 1 heterocycles. The number of alkyl halides is 6. The molecule has 2 aromatic rings. The number of benzene rings is 1. The van der Waals surface area contributed by atoms with Crippen molar-refractivity contribution in [2.45, 2.75) is 84.7 Å². The third-order valence-electron chi connectivity index (χ3n) is 8.16. The summed E-state index contributed by atoms with van der Waals surface area (Å²) in [6.45, 7) is 10.1. The molecule has 0 saturated carbocycles. The summed E-state index contributed by atoms with van der Waals surface area (Å²) >= 11 is 0. The summed E-state index contributed by atoms with van der Waals surface area (Å²) < 4.78 is 136. The van der Waals surface area contributed by atoms with Crippen LogP contribution in [0.5, 0.6) is 0 Å². The molecule has 1 unspecified atom stereocenters. The molecule has 1 N–H and O–H groups in total. The molecule has 53 heavy (non-hydrogen) atoms. The van der Waals surface area contributed by atoms with Gasteiger partial charge in [-0.1, -0.05) is 26.5 Å². The highest BCUT2D eigenvalue weighted by molar-refractivity contribution is 5.85. The maximum atomic E-state index is 16.4. The first-order valence-corrected chi connectivity index (χ1v) is 16.6. The van der Waals surface area contributed by atoms with Crippen molar-refractivity contribution in [1.82, 2.24) is 14.8 Å². The van der Waals surface area contributed by atoms with E-state index in [1.54, 1.807) is 32.8 Å². The Kier molecular flexibility index (Phi) is 15.7. The summed E-state index contributed by atoms with van der Waals surface area (Å²) in [6, 6.07) is -1.45. The average Bonchev–Trinajstić information content (AvgIpc) is 3.03. The minimum atomic E-state index is -5.13. The van der Waals surface area contributed by atoms with Crippen molar-refractivity contribution >= 4 is 17.4 Å². The van der Waals surface area contributed by atoms with Gasteiger partial charge in [0.1, 0.15) is 11.9 Å². The predicted molar refractivity (Wildman–Crippen MR) is 183 cm³/mol. The van der Waals surface area contributed by atoms with Gasteiger partial charge in [-0.15, -0.1) is 0 Å². The highest BCUT2D eigenvalue weighted by Gasteiger charge is 2.37. The maximum absolute atomic E-state index is 16.4. The van der Waals surface area contributed by atoms with Crippen LogP contribution in [0.4, 0.5) is 39.5 Å². The van der Waals surface area contributed by atoms with E-state index in [0.717, 1.165) is 29.8 Å². The van der Waals surface area contributed by atoms with Crippen molar-refractivity contribution in [3.63, 3.8) is 0 Å². The van der Waals surface area contributed by atoms with E-state index < -0.39 is 94.0 Å². The van der Waals surface area contributed by atoms with E-state index in [2.05, 4.69) is 11.9 Å². The summed E-state index contributed by atoms with van der Waals surface area (Å²) in [5.74, 6) is -7.71. The van der Waals surface area contributed by atoms with Gasteiger partial charge in [0, 0.05) is 23.4 Å². The van der Waals surface area contributed by atoms with E-state index in [1.165, 1.54) is 13.8 Å². The number of halogens is 9. The van der Waals surface area contributed by atoms with Crippen LogP contribution in [0.1, 0.15) is 73.9 Å². The molecule has 0 radical (unpaired) electrons. The second kappa shape index (κ2) is 18.6. The number of nitrogens with one attached hydrogen (secondary N) is 1. The zero-order valence-corrected chi connectivity index (χ0v) is 30.5. The van der Waals surface area contributed by atoms with Crippen molar-refractivity contribution < 1.29 is 53.8 Å². The van der Waals surface area contributed by atoms with Gasteiger partial charge in [0.05, 0.1) is 24.6 Å². The number of esters is 1. The molecular weight excluding hydrogens is 721 g/mol. The lowest BCUT2D eigenvalue weighted by atomic mass is 9.91. The normalized spacial score (nSPS) is 14.3. The highest BCUT2D eigenvalue weighted by atomic mass is 19.4. The molecule has 0 bridgehead atoms. The summed E-state index contributed by atoms with van der Waals surface area (Å²) in [4.78, 5) is 41.4. The number of ether oxygens (including phenoxy) is 1. The Hall–Kier alpha value is -4.34. The minimum absolute atomic E-state index is 0.0408. The molecular formula is C37H44F9N3O4. The van der Waals surface area contributed by atoms with E-state index >= 15 is 8.78 Å². The molecule has 2 atom stereocenters. The SMILES string of the molecule is C=C(/C=C(\C(F)=C(/F)[C@H](CC(=O)OCC)NC(=O)C(CC(C)C)n1cc(CCCN(C)C)c(C(F)(F)F)cc1=O)c1c(C)ccc(F)c1C)C(F)(F)F. The van der Waals surface area contributed by atoms with Gasteiger partial charge in [-0.2, -0.15) is 26.3 Å². The van der Waals surface area contributed by atoms with Gasteiger partial charge in [-0.05, 0) is 101 Å². The maximum Gasteiger partial charge on any atom is 0.416 e. The van der Waals surface area contributed by atoms with Crippen LogP contribution in [0, 0.1) is 25.6 Å². The smallest absolute Gasteiger partial charge is 0.416 e. The van der Waals surface area contributed by atoms with E-state index in [4.69, 9.17) is 4.74 Å². The Morgan fingerprint density at radius 3 is 2.23 bits per heavy atom. The number of nitrogens with zero attached hydrogens (tertiary/aromatic N) is 2. The fourth-order valence-electron chi connectivity index (χ4n) is 5.56. The monoisotopic (exact) mass is 765 g/mol. The minimum Gasteiger partial charge on any atom is -0.466 e. The molecule has 0 saturated heterocycles. The predicted octanol–water partition coefficient (Wildman–Crippen LogP) is 8.50. The summed E-state index contributed by atoms with van der Waals surface area (Å²) in [7, 11) is 3.42.